The first-order valence-corrected chi connectivity index (χ1v) is 9.86. The quantitative estimate of drug-likeness (QED) is 0.806. The molecule has 1 aromatic carbocycles. The van der Waals surface area contributed by atoms with E-state index in [1.807, 2.05) is 25.1 Å². The van der Waals surface area contributed by atoms with Gasteiger partial charge in [0.2, 0.25) is 0 Å². The van der Waals surface area contributed by atoms with Crippen LogP contribution in [0.15, 0.2) is 30.5 Å². The first-order chi connectivity index (χ1) is 12.7. The number of aryl methyl sites for hydroxylation is 1. The van der Waals surface area contributed by atoms with Gasteiger partial charge in [-0.05, 0) is 18.6 Å². The van der Waals surface area contributed by atoms with E-state index in [9.17, 15) is 4.79 Å². The zero-order valence-corrected chi connectivity index (χ0v) is 16.2. The zero-order valence-electron chi connectivity index (χ0n) is 15.4. The molecule has 2 heterocycles. The van der Waals surface area contributed by atoms with Gasteiger partial charge in [-0.25, -0.2) is 4.98 Å². The molecule has 0 atom stereocenters. The highest BCUT2D eigenvalue weighted by molar-refractivity contribution is 7.13. The number of methoxy groups -OCH3 is 1. The van der Waals surface area contributed by atoms with Gasteiger partial charge in [0.25, 0.3) is 5.91 Å². The molecule has 1 fully saturated rings. The number of aromatic nitrogens is 1. The van der Waals surface area contributed by atoms with Crippen molar-refractivity contribution in [3.63, 3.8) is 0 Å². The minimum Gasteiger partial charge on any atom is -0.495 e. The number of para-hydroxylation sites is 2. The van der Waals surface area contributed by atoms with Crippen LogP contribution in [0, 0.1) is 0 Å². The van der Waals surface area contributed by atoms with Crippen molar-refractivity contribution < 1.29 is 9.53 Å². The van der Waals surface area contributed by atoms with Crippen molar-refractivity contribution in [3.8, 4) is 5.75 Å². The molecule has 26 heavy (non-hydrogen) atoms. The van der Waals surface area contributed by atoms with Crippen molar-refractivity contribution in [2.75, 3.05) is 51.3 Å². The summed E-state index contributed by atoms with van der Waals surface area (Å²) in [7, 11) is 1.71. The number of carbonyl (C=O) groups excluding carboxylic acids is 1. The number of ether oxygens (including phenoxy) is 1. The summed E-state index contributed by atoms with van der Waals surface area (Å²) >= 11 is 1.47. The molecule has 1 aliphatic heterocycles. The SMILES string of the molecule is CCc1ncc(C(=O)NCCN2CCN(c3ccccc3OC)CC2)s1. The van der Waals surface area contributed by atoms with E-state index in [-0.39, 0.29) is 5.91 Å². The van der Waals surface area contributed by atoms with E-state index in [4.69, 9.17) is 4.74 Å². The minimum atomic E-state index is -0.0187. The lowest BCUT2D eigenvalue weighted by Crippen LogP contribution is -2.48. The highest BCUT2D eigenvalue weighted by Crippen LogP contribution is 2.28. The van der Waals surface area contributed by atoms with Crippen LogP contribution in [0.5, 0.6) is 5.75 Å². The van der Waals surface area contributed by atoms with Gasteiger partial charge in [0.1, 0.15) is 10.6 Å². The molecule has 0 bridgehead atoms. The third-order valence-corrected chi connectivity index (χ3v) is 5.73. The molecule has 7 heteroatoms. The van der Waals surface area contributed by atoms with Gasteiger partial charge in [-0.3, -0.25) is 9.69 Å². The van der Waals surface area contributed by atoms with E-state index < -0.39 is 0 Å². The second-order valence-electron chi connectivity index (χ2n) is 6.23. The summed E-state index contributed by atoms with van der Waals surface area (Å²) in [5.74, 6) is 0.902. The maximum Gasteiger partial charge on any atom is 0.263 e. The number of carbonyl (C=O) groups is 1. The summed E-state index contributed by atoms with van der Waals surface area (Å²) in [4.78, 5) is 21.8. The molecule has 0 saturated carbocycles. The molecule has 1 aromatic heterocycles. The fourth-order valence-electron chi connectivity index (χ4n) is 3.10. The summed E-state index contributed by atoms with van der Waals surface area (Å²) < 4.78 is 5.46. The number of thiazole rings is 1. The maximum absolute atomic E-state index is 12.1. The van der Waals surface area contributed by atoms with Crippen molar-refractivity contribution in [2.45, 2.75) is 13.3 Å². The van der Waals surface area contributed by atoms with Crippen LogP contribution in [0.2, 0.25) is 0 Å². The largest absolute Gasteiger partial charge is 0.495 e. The molecule has 2 aromatic rings. The standard InChI is InChI=1S/C19H26N4O2S/c1-3-18-21-14-17(26-18)19(24)20-8-9-22-10-12-23(13-11-22)15-6-4-5-7-16(15)25-2/h4-7,14H,3,8-13H2,1-2H3,(H,20,24). The summed E-state index contributed by atoms with van der Waals surface area (Å²) in [5.41, 5.74) is 1.15. The summed E-state index contributed by atoms with van der Waals surface area (Å²) in [6.07, 6.45) is 2.54. The maximum atomic E-state index is 12.1. The number of anilines is 1. The molecule has 1 amide bonds. The summed E-state index contributed by atoms with van der Waals surface area (Å²) in [6.45, 7) is 7.46. The molecule has 1 N–H and O–H groups in total. The third kappa shape index (κ3) is 4.53. The number of nitrogens with zero attached hydrogens (tertiary/aromatic N) is 3. The molecule has 0 aliphatic carbocycles. The van der Waals surface area contributed by atoms with Gasteiger partial charge in [0.05, 0.1) is 24.0 Å². The van der Waals surface area contributed by atoms with Crippen LogP contribution >= 0.6 is 11.3 Å². The van der Waals surface area contributed by atoms with Crippen LogP contribution in [0.1, 0.15) is 21.6 Å². The Labute approximate surface area is 158 Å². The van der Waals surface area contributed by atoms with E-state index >= 15 is 0 Å². The van der Waals surface area contributed by atoms with Crippen LogP contribution < -0.4 is 15.0 Å². The number of nitrogens with one attached hydrogen (secondary N) is 1. The predicted octanol–water partition coefficient (Wildman–Crippen LogP) is 2.27. The fraction of sp³-hybridized carbons (Fsp3) is 0.474. The van der Waals surface area contributed by atoms with Gasteiger partial charge >= 0.3 is 0 Å². The number of hydrogen-bond donors (Lipinski definition) is 1. The predicted molar refractivity (Wildman–Crippen MR) is 105 cm³/mol. The van der Waals surface area contributed by atoms with Crippen LogP contribution in [-0.4, -0.2) is 62.2 Å². The van der Waals surface area contributed by atoms with Crippen LogP contribution in [-0.2, 0) is 6.42 Å². The Morgan fingerprint density at radius 3 is 2.73 bits per heavy atom. The molecule has 0 radical (unpaired) electrons. The van der Waals surface area contributed by atoms with Crippen molar-refractivity contribution in [3.05, 3.63) is 40.3 Å². The first-order valence-electron chi connectivity index (χ1n) is 9.04. The van der Waals surface area contributed by atoms with Gasteiger partial charge < -0.3 is 15.0 Å². The summed E-state index contributed by atoms with van der Waals surface area (Å²) in [5, 5.41) is 4.00. The molecule has 1 saturated heterocycles. The Bertz CT molecular complexity index is 726. The lowest BCUT2D eigenvalue weighted by Gasteiger charge is -2.36. The number of rotatable bonds is 7. The van der Waals surface area contributed by atoms with Crippen LogP contribution in [0.3, 0.4) is 0 Å². The molecule has 6 nitrogen and oxygen atoms in total. The van der Waals surface area contributed by atoms with Gasteiger partial charge in [-0.1, -0.05) is 19.1 Å². The van der Waals surface area contributed by atoms with E-state index in [0.29, 0.717) is 11.4 Å². The molecule has 3 rings (SSSR count). The Morgan fingerprint density at radius 1 is 1.27 bits per heavy atom. The first kappa shape index (κ1) is 18.7. The normalized spacial score (nSPS) is 15.1. The highest BCUT2D eigenvalue weighted by atomic mass is 32.1. The number of hydrogen-bond acceptors (Lipinski definition) is 6. The number of amides is 1. The average molecular weight is 375 g/mol. The van der Waals surface area contributed by atoms with Crippen molar-refractivity contribution in [1.29, 1.82) is 0 Å². The smallest absolute Gasteiger partial charge is 0.263 e. The number of benzene rings is 1. The molecule has 140 valence electrons. The summed E-state index contributed by atoms with van der Waals surface area (Å²) in [6, 6.07) is 8.14. The van der Waals surface area contributed by atoms with Crippen molar-refractivity contribution >= 4 is 22.9 Å². The second-order valence-corrected chi connectivity index (χ2v) is 7.34. The van der Waals surface area contributed by atoms with Crippen molar-refractivity contribution in [2.24, 2.45) is 0 Å². The molecular weight excluding hydrogens is 348 g/mol. The van der Waals surface area contributed by atoms with E-state index in [1.54, 1.807) is 13.3 Å². The Morgan fingerprint density at radius 2 is 2.04 bits per heavy atom. The zero-order chi connectivity index (χ0) is 18.4. The number of piperazine rings is 1. The lowest BCUT2D eigenvalue weighted by atomic mass is 10.2. The fourth-order valence-corrected chi connectivity index (χ4v) is 3.87. The van der Waals surface area contributed by atoms with Gasteiger partial charge in [0.15, 0.2) is 0 Å². The topological polar surface area (TPSA) is 57.7 Å². The average Bonchev–Trinajstić information content (AvgIpc) is 3.18. The molecular formula is C19H26N4O2S. The monoisotopic (exact) mass is 374 g/mol. The molecule has 0 unspecified atom stereocenters. The van der Waals surface area contributed by atoms with Crippen molar-refractivity contribution in [1.82, 2.24) is 15.2 Å². The van der Waals surface area contributed by atoms with E-state index in [1.165, 1.54) is 11.3 Å². The van der Waals surface area contributed by atoms with Gasteiger partial charge in [-0.15, -0.1) is 11.3 Å². The van der Waals surface area contributed by atoms with Crippen LogP contribution in [0.25, 0.3) is 0 Å². The lowest BCUT2D eigenvalue weighted by molar-refractivity contribution is 0.0951. The Kier molecular flexibility index (Phi) is 6.46. The highest BCUT2D eigenvalue weighted by Gasteiger charge is 2.19. The Hall–Kier alpha value is -2.12. The Balaban J connectivity index is 1.42. The van der Waals surface area contributed by atoms with Gasteiger partial charge in [0, 0.05) is 39.3 Å². The minimum absolute atomic E-state index is 0.0187. The van der Waals surface area contributed by atoms with E-state index in [0.717, 1.165) is 55.6 Å². The second kappa shape index (κ2) is 9.00. The molecule has 1 aliphatic rings. The van der Waals surface area contributed by atoms with E-state index in [2.05, 4.69) is 26.2 Å². The van der Waals surface area contributed by atoms with Gasteiger partial charge in [-0.2, -0.15) is 0 Å². The van der Waals surface area contributed by atoms with Crippen LogP contribution in [0.4, 0.5) is 5.69 Å². The third-order valence-electron chi connectivity index (χ3n) is 4.59. The molecule has 0 spiro atoms.